The molecule has 5 rings (SSSR count). The number of thiazole rings is 1. The summed E-state index contributed by atoms with van der Waals surface area (Å²) in [4.78, 5) is 60.9. The highest BCUT2D eigenvalue weighted by Gasteiger charge is 2.45. The number of pyridine rings is 1. The van der Waals surface area contributed by atoms with Crippen molar-refractivity contribution in [2.45, 2.75) is 32.1 Å². The minimum absolute atomic E-state index is 0.0588. The Kier molecular flexibility index (Phi) is 7.73. The van der Waals surface area contributed by atoms with Crippen LogP contribution < -0.4 is 10.6 Å². The number of hydrogen-bond donors (Lipinski definition) is 3. The number of piperidine rings is 1. The van der Waals surface area contributed by atoms with Crippen molar-refractivity contribution < 1.29 is 24.3 Å². The first-order chi connectivity index (χ1) is 18.8. The molecule has 0 bridgehead atoms. The van der Waals surface area contributed by atoms with Gasteiger partial charge in [0.15, 0.2) is 0 Å². The van der Waals surface area contributed by atoms with Crippen LogP contribution in [0, 0.1) is 5.41 Å². The van der Waals surface area contributed by atoms with Crippen molar-refractivity contribution >= 4 is 47.0 Å². The number of carboxylic acid groups (broad SMARTS) is 1. The number of carbonyl (C=O) groups excluding carboxylic acids is 3. The first-order valence-electron chi connectivity index (χ1n) is 12.9. The van der Waals surface area contributed by atoms with Crippen LogP contribution in [0.1, 0.15) is 35.4 Å². The third-order valence-corrected chi connectivity index (χ3v) is 8.37. The Bertz CT molecular complexity index is 1330. The molecule has 2 aromatic rings. The molecule has 39 heavy (non-hydrogen) atoms. The van der Waals surface area contributed by atoms with Crippen LogP contribution in [0.3, 0.4) is 0 Å². The van der Waals surface area contributed by atoms with Gasteiger partial charge in [0.05, 0.1) is 10.4 Å². The van der Waals surface area contributed by atoms with Gasteiger partial charge >= 0.3 is 6.09 Å². The molecule has 2 aromatic heterocycles. The topological polar surface area (TPSA) is 145 Å². The van der Waals surface area contributed by atoms with E-state index in [-0.39, 0.29) is 24.3 Å². The third kappa shape index (κ3) is 6.17. The fourth-order valence-electron chi connectivity index (χ4n) is 5.28. The Morgan fingerprint density at radius 3 is 2.69 bits per heavy atom. The lowest BCUT2D eigenvalue weighted by Crippen LogP contribution is -2.52. The van der Waals surface area contributed by atoms with Gasteiger partial charge in [-0.1, -0.05) is 11.6 Å². The Morgan fingerprint density at radius 2 is 2.00 bits per heavy atom. The van der Waals surface area contributed by atoms with Gasteiger partial charge < -0.3 is 25.5 Å². The number of likely N-dealkylation sites (tertiary alicyclic amines) is 1. The lowest BCUT2D eigenvalue weighted by molar-refractivity contribution is -0.137. The van der Waals surface area contributed by atoms with E-state index in [9.17, 15) is 19.2 Å². The van der Waals surface area contributed by atoms with E-state index in [1.165, 1.54) is 5.57 Å². The molecule has 1 saturated heterocycles. The van der Waals surface area contributed by atoms with Gasteiger partial charge in [0.25, 0.3) is 0 Å². The molecule has 0 aliphatic carbocycles. The molecule has 0 saturated carbocycles. The fourth-order valence-corrected chi connectivity index (χ4v) is 5.95. The molecule has 3 aliphatic heterocycles. The summed E-state index contributed by atoms with van der Waals surface area (Å²) < 4.78 is 0. The maximum atomic E-state index is 13.0. The van der Waals surface area contributed by atoms with E-state index in [0.717, 1.165) is 29.0 Å². The van der Waals surface area contributed by atoms with Crippen molar-refractivity contribution in [1.29, 1.82) is 0 Å². The zero-order valence-corrected chi connectivity index (χ0v) is 22.2. The molecule has 0 radical (unpaired) electrons. The third-order valence-electron chi connectivity index (χ3n) is 7.59. The number of fused-ring (bicyclic) bond motifs is 1. The van der Waals surface area contributed by atoms with Gasteiger partial charge in [-0.05, 0) is 49.0 Å². The van der Waals surface area contributed by atoms with Gasteiger partial charge in [-0.2, -0.15) is 0 Å². The highest BCUT2D eigenvalue weighted by Crippen LogP contribution is 2.41. The monoisotopic (exact) mass is 550 g/mol. The summed E-state index contributed by atoms with van der Waals surface area (Å²) in [5.74, 6) is 0.0512. The maximum Gasteiger partial charge on any atom is 0.405 e. The quantitative estimate of drug-likeness (QED) is 0.370. The van der Waals surface area contributed by atoms with Crippen molar-refractivity contribution in [3.05, 3.63) is 57.7 Å². The number of nitrogens with one attached hydrogen (secondary N) is 2. The van der Waals surface area contributed by atoms with Crippen LogP contribution in [-0.2, 0) is 27.2 Å². The average Bonchev–Trinajstić information content (AvgIpc) is 3.45. The molecule has 0 atom stereocenters. The van der Waals surface area contributed by atoms with Crippen LogP contribution in [0.15, 0.2) is 41.6 Å². The number of aromatic nitrogens is 2. The number of hydrogen-bond acceptors (Lipinski definition) is 7. The molecular weight excluding hydrogens is 520 g/mol. The van der Waals surface area contributed by atoms with E-state index >= 15 is 0 Å². The molecule has 4 amide bonds. The smallest absolute Gasteiger partial charge is 0.405 e. The van der Waals surface area contributed by atoms with Crippen LogP contribution in [0.4, 0.5) is 10.6 Å². The number of amides is 4. The number of carbonyl (C=O) groups is 4. The normalized spacial score (nSPS) is 18.5. The highest BCUT2D eigenvalue weighted by atomic mass is 32.1. The molecule has 3 aliphatic rings. The Labute approximate surface area is 229 Å². The van der Waals surface area contributed by atoms with Crippen LogP contribution in [0.2, 0.25) is 0 Å². The van der Waals surface area contributed by atoms with E-state index < -0.39 is 11.5 Å². The predicted octanol–water partition coefficient (Wildman–Crippen LogP) is 2.32. The largest absolute Gasteiger partial charge is 0.465 e. The minimum atomic E-state index is -1.25. The Morgan fingerprint density at radius 1 is 1.18 bits per heavy atom. The second kappa shape index (κ2) is 11.4. The van der Waals surface area contributed by atoms with Crippen molar-refractivity contribution in [3.63, 3.8) is 0 Å². The van der Waals surface area contributed by atoms with E-state index in [1.54, 1.807) is 34.6 Å². The van der Waals surface area contributed by atoms with Crippen LogP contribution >= 0.6 is 11.3 Å². The van der Waals surface area contributed by atoms with E-state index in [1.807, 2.05) is 22.5 Å². The molecule has 0 unspecified atom stereocenters. The van der Waals surface area contributed by atoms with Crippen LogP contribution in [0.25, 0.3) is 6.08 Å². The molecule has 11 nitrogen and oxygen atoms in total. The summed E-state index contributed by atoms with van der Waals surface area (Å²) in [6.45, 7) is 1.72. The van der Waals surface area contributed by atoms with Gasteiger partial charge in [-0.15, -0.1) is 11.3 Å². The maximum absolute atomic E-state index is 13.0. The number of anilines is 1. The molecule has 12 heteroatoms. The molecule has 204 valence electrons. The molecular formula is C27H30N6O5S. The van der Waals surface area contributed by atoms with Gasteiger partial charge in [0.1, 0.15) is 12.4 Å². The molecule has 0 aromatic carbocycles. The van der Waals surface area contributed by atoms with Crippen molar-refractivity contribution in [1.82, 2.24) is 25.1 Å². The molecule has 1 fully saturated rings. The zero-order chi connectivity index (χ0) is 27.4. The van der Waals surface area contributed by atoms with Crippen LogP contribution in [0.5, 0.6) is 0 Å². The number of rotatable bonds is 6. The SMILES string of the molecule is O=C(O)NCC(=O)N1CCC2(CC1)Cc1cc(C=CC(=O)N3CC=C(Cc4nccs4)CC3)cnc1NC2=O. The van der Waals surface area contributed by atoms with E-state index in [4.69, 9.17) is 5.11 Å². The Balaban J connectivity index is 1.18. The van der Waals surface area contributed by atoms with Crippen molar-refractivity contribution in [2.75, 3.05) is 38.0 Å². The lowest BCUT2D eigenvalue weighted by Gasteiger charge is -2.43. The standard InChI is InChI=1S/C27H30N6O5S/c34-22(32-8-3-18(4-9-32)14-21-28-7-12-39-21)2-1-19-13-20-15-27(25(36)31-24(20)29-16-19)5-10-33(11-6-27)23(35)17-30-26(37)38/h1-3,7,12-13,16,30H,4-6,8-11,14-15,17H2,(H,37,38)(H,29,31,36). The van der Waals surface area contributed by atoms with Gasteiger partial charge in [0.2, 0.25) is 17.7 Å². The van der Waals surface area contributed by atoms with Gasteiger partial charge in [-0.25, -0.2) is 14.8 Å². The average molecular weight is 551 g/mol. The molecule has 5 heterocycles. The number of nitrogens with zero attached hydrogens (tertiary/aromatic N) is 4. The zero-order valence-electron chi connectivity index (χ0n) is 21.4. The summed E-state index contributed by atoms with van der Waals surface area (Å²) >= 11 is 1.64. The predicted molar refractivity (Wildman–Crippen MR) is 145 cm³/mol. The van der Waals surface area contributed by atoms with Crippen molar-refractivity contribution in [2.24, 2.45) is 5.41 Å². The molecule has 3 N–H and O–H groups in total. The fraction of sp³-hybridized carbons (Fsp3) is 0.407. The van der Waals surface area contributed by atoms with E-state index in [2.05, 4.69) is 26.7 Å². The molecule has 1 spiro atoms. The van der Waals surface area contributed by atoms with Crippen molar-refractivity contribution in [3.8, 4) is 0 Å². The first-order valence-corrected chi connectivity index (χ1v) is 13.8. The first kappa shape index (κ1) is 26.5. The summed E-state index contributed by atoms with van der Waals surface area (Å²) in [6, 6.07) is 1.95. The summed E-state index contributed by atoms with van der Waals surface area (Å²) in [6.07, 6.45) is 10.7. The summed E-state index contributed by atoms with van der Waals surface area (Å²) in [5, 5.41) is 16.8. The Hall–Kier alpha value is -4.06. The van der Waals surface area contributed by atoms with Gasteiger partial charge in [0, 0.05) is 56.4 Å². The summed E-state index contributed by atoms with van der Waals surface area (Å²) in [5.41, 5.74) is 2.32. The van der Waals surface area contributed by atoms with E-state index in [0.29, 0.717) is 51.3 Å². The second-order valence-electron chi connectivity index (χ2n) is 10.1. The van der Waals surface area contributed by atoms with Gasteiger partial charge in [-0.3, -0.25) is 14.4 Å². The van der Waals surface area contributed by atoms with Crippen LogP contribution in [-0.4, -0.2) is 81.4 Å². The summed E-state index contributed by atoms with van der Waals surface area (Å²) in [7, 11) is 0. The second-order valence-corrected chi connectivity index (χ2v) is 11.0. The lowest BCUT2D eigenvalue weighted by atomic mass is 9.71. The minimum Gasteiger partial charge on any atom is -0.465 e. The highest BCUT2D eigenvalue weighted by molar-refractivity contribution is 7.09.